The van der Waals surface area contributed by atoms with Crippen LogP contribution in [-0.4, -0.2) is 124 Å². The van der Waals surface area contributed by atoms with Crippen LogP contribution in [0, 0.1) is 0 Å². The molecule has 0 aromatic carbocycles. The third-order valence-electron chi connectivity index (χ3n) is 3.26. The molecule has 0 bridgehead atoms. The molecule has 0 aromatic rings. The van der Waals surface area contributed by atoms with Crippen molar-refractivity contribution in [2.24, 2.45) is 0 Å². The fourth-order valence-electron chi connectivity index (χ4n) is 1.84. The van der Waals surface area contributed by atoms with Crippen LogP contribution in [0.3, 0.4) is 0 Å². The van der Waals surface area contributed by atoms with Gasteiger partial charge in [0.05, 0.1) is 112 Å². The number of hydrogen-bond donors (Lipinski definition) is 0. The number of methoxy groups -OCH3 is 1. The predicted octanol–water partition coefficient (Wildman–Crippen LogP) is 1.20. The van der Waals surface area contributed by atoms with Gasteiger partial charge in [-0.2, -0.15) is 0 Å². The summed E-state index contributed by atoms with van der Waals surface area (Å²) in [5.74, 6) is 0. The van der Waals surface area contributed by atoms with Crippen molar-refractivity contribution < 1.29 is 42.6 Å². The highest BCUT2D eigenvalue weighted by molar-refractivity contribution is 14.1. The Morgan fingerprint density at radius 3 is 0.759 bits per heavy atom. The maximum absolute atomic E-state index is 5.42. The van der Waals surface area contributed by atoms with E-state index in [4.69, 9.17) is 42.6 Å². The highest BCUT2D eigenvalue weighted by Crippen LogP contribution is 1.86. The molecule has 0 unspecified atom stereocenters. The van der Waals surface area contributed by atoms with Crippen LogP contribution in [0.2, 0.25) is 0 Å². The molecule has 0 aromatic heterocycles. The lowest BCUT2D eigenvalue weighted by Crippen LogP contribution is -2.15. The molecule has 29 heavy (non-hydrogen) atoms. The molecule has 0 atom stereocenters. The van der Waals surface area contributed by atoms with E-state index in [2.05, 4.69) is 22.6 Å². The molecular formula is C19H39IO9. The van der Waals surface area contributed by atoms with E-state index in [9.17, 15) is 0 Å². The van der Waals surface area contributed by atoms with Gasteiger partial charge in [0, 0.05) is 11.5 Å². The molecule has 10 heteroatoms. The van der Waals surface area contributed by atoms with Crippen LogP contribution in [0.4, 0.5) is 0 Å². The molecule has 0 saturated heterocycles. The van der Waals surface area contributed by atoms with Gasteiger partial charge < -0.3 is 42.6 Å². The van der Waals surface area contributed by atoms with Gasteiger partial charge in [-0.3, -0.25) is 0 Å². The van der Waals surface area contributed by atoms with Crippen LogP contribution in [0.1, 0.15) is 0 Å². The molecule has 0 aliphatic carbocycles. The lowest BCUT2D eigenvalue weighted by atomic mass is 10.6. The molecule has 0 aliphatic rings. The summed E-state index contributed by atoms with van der Waals surface area (Å²) in [6, 6.07) is 0. The van der Waals surface area contributed by atoms with Gasteiger partial charge >= 0.3 is 0 Å². The molecular weight excluding hydrogens is 499 g/mol. The minimum Gasteiger partial charge on any atom is -0.382 e. The van der Waals surface area contributed by atoms with Crippen LogP contribution in [0.15, 0.2) is 0 Å². The van der Waals surface area contributed by atoms with Crippen LogP contribution >= 0.6 is 22.6 Å². The van der Waals surface area contributed by atoms with Crippen molar-refractivity contribution in [1.82, 2.24) is 0 Å². The van der Waals surface area contributed by atoms with Gasteiger partial charge in [-0.25, -0.2) is 0 Å². The average molecular weight is 538 g/mol. The second kappa shape index (κ2) is 28.4. The Hall–Kier alpha value is 0.370. The van der Waals surface area contributed by atoms with Crippen LogP contribution in [0.5, 0.6) is 0 Å². The molecule has 0 radical (unpaired) electrons. The van der Waals surface area contributed by atoms with Gasteiger partial charge in [0.25, 0.3) is 0 Å². The number of hydrogen-bond acceptors (Lipinski definition) is 9. The van der Waals surface area contributed by atoms with E-state index in [0.717, 1.165) is 11.0 Å². The van der Waals surface area contributed by atoms with E-state index in [1.807, 2.05) is 0 Å². The SMILES string of the molecule is COCCOCCOCCOCCOCCOCCOCCOCCOCCI. The second-order valence-corrected chi connectivity index (χ2v) is 6.66. The summed E-state index contributed by atoms with van der Waals surface area (Å²) in [4.78, 5) is 0. The zero-order chi connectivity index (χ0) is 21.1. The van der Waals surface area contributed by atoms with Gasteiger partial charge in [-0.1, -0.05) is 22.6 Å². The zero-order valence-electron chi connectivity index (χ0n) is 17.8. The topological polar surface area (TPSA) is 83.1 Å². The molecule has 176 valence electrons. The highest BCUT2D eigenvalue weighted by atomic mass is 127. The maximum atomic E-state index is 5.42. The lowest BCUT2D eigenvalue weighted by Gasteiger charge is -2.08. The van der Waals surface area contributed by atoms with Crippen molar-refractivity contribution in [2.45, 2.75) is 0 Å². The fraction of sp³-hybridized carbons (Fsp3) is 1.00. The molecule has 0 N–H and O–H groups in total. The Balaban J connectivity index is 2.97. The first-order chi connectivity index (χ1) is 14.4. The first-order valence-electron chi connectivity index (χ1n) is 10.1. The molecule has 0 fully saturated rings. The van der Waals surface area contributed by atoms with E-state index in [0.29, 0.717) is 106 Å². The Labute approximate surface area is 189 Å². The smallest absolute Gasteiger partial charge is 0.0701 e. The first kappa shape index (κ1) is 29.4. The largest absolute Gasteiger partial charge is 0.382 e. The van der Waals surface area contributed by atoms with Crippen molar-refractivity contribution in [3.05, 3.63) is 0 Å². The van der Waals surface area contributed by atoms with Crippen LogP contribution < -0.4 is 0 Å². The molecule has 0 heterocycles. The van der Waals surface area contributed by atoms with Gasteiger partial charge in [0.1, 0.15) is 0 Å². The lowest BCUT2D eigenvalue weighted by molar-refractivity contribution is -0.0240. The van der Waals surface area contributed by atoms with E-state index in [1.165, 1.54) is 0 Å². The molecule has 0 aliphatic heterocycles. The van der Waals surface area contributed by atoms with Crippen LogP contribution in [0.25, 0.3) is 0 Å². The van der Waals surface area contributed by atoms with Crippen molar-refractivity contribution in [1.29, 1.82) is 0 Å². The average Bonchev–Trinajstić information content (AvgIpc) is 2.74. The van der Waals surface area contributed by atoms with E-state index >= 15 is 0 Å². The van der Waals surface area contributed by atoms with Gasteiger partial charge in [0.15, 0.2) is 0 Å². The second-order valence-electron chi connectivity index (χ2n) is 5.58. The van der Waals surface area contributed by atoms with Gasteiger partial charge in [-0.15, -0.1) is 0 Å². The summed E-state index contributed by atoms with van der Waals surface area (Å²) >= 11 is 2.28. The Bertz CT molecular complexity index is 262. The summed E-state index contributed by atoms with van der Waals surface area (Å²) in [7, 11) is 1.65. The third kappa shape index (κ3) is 28.4. The summed E-state index contributed by atoms with van der Waals surface area (Å²) in [5.41, 5.74) is 0. The summed E-state index contributed by atoms with van der Waals surface area (Å²) in [6.45, 7) is 9.84. The minimum absolute atomic E-state index is 0.541. The van der Waals surface area contributed by atoms with Crippen molar-refractivity contribution in [3.63, 3.8) is 0 Å². The van der Waals surface area contributed by atoms with Crippen LogP contribution in [-0.2, 0) is 42.6 Å². The van der Waals surface area contributed by atoms with Crippen molar-refractivity contribution in [3.8, 4) is 0 Å². The number of halogens is 1. The minimum atomic E-state index is 0.541. The predicted molar refractivity (Wildman–Crippen MR) is 117 cm³/mol. The summed E-state index contributed by atoms with van der Waals surface area (Å²) in [5, 5.41) is 0. The molecule has 9 nitrogen and oxygen atoms in total. The van der Waals surface area contributed by atoms with E-state index in [-0.39, 0.29) is 0 Å². The molecule has 0 saturated carbocycles. The fourth-order valence-corrected chi connectivity index (χ4v) is 2.15. The van der Waals surface area contributed by atoms with E-state index < -0.39 is 0 Å². The Kier molecular flexibility index (Phi) is 28.7. The Morgan fingerprint density at radius 1 is 0.345 bits per heavy atom. The standard InChI is InChI=1S/C19H39IO9/c1-21-4-5-23-8-9-25-12-13-27-16-17-29-19-18-28-15-14-26-11-10-24-7-6-22-3-2-20/h2-19H2,1H3. The molecule has 0 spiro atoms. The van der Waals surface area contributed by atoms with Gasteiger partial charge in [0.2, 0.25) is 0 Å². The molecule has 0 amide bonds. The quantitative estimate of drug-likeness (QED) is 0.0917. The van der Waals surface area contributed by atoms with E-state index in [1.54, 1.807) is 7.11 Å². The number of rotatable bonds is 26. The molecule has 0 rings (SSSR count). The Morgan fingerprint density at radius 2 is 0.552 bits per heavy atom. The number of ether oxygens (including phenoxy) is 9. The van der Waals surface area contributed by atoms with Crippen molar-refractivity contribution in [2.75, 3.05) is 124 Å². The van der Waals surface area contributed by atoms with Gasteiger partial charge in [-0.05, 0) is 0 Å². The number of alkyl halides is 1. The first-order valence-corrected chi connectivity index (χ1v) is 11.6. The zero-order valence-corrected chi connectivity index (χ0v) is 19.9. The normalized spacial score (nSPS) is 11.4. The summed E-state index contributed by atoms with van der Waals surface area (Å²) in [6.07, 6.45) is 0. The van der Waals surface area contributed by atoms with Crippen molar-refractivity contribution >= 4 is 22.6 Å². The summed E-state index contributed by atoms with van der Waals surface area (Å²) < 4.78 is 48.9. The third-order valence-corrected chi connectivity index (χ3v) is 3.70. The highest BCUT2D eigenvalue weighted by Gasteiger charge is 1.95. The monoisotopic (exact) mass is 538 g/mol. The maximum Gasteiger partial charge on any atom is 0.0701 e.